The molecule has 0 aliphatic carbocycles. The summed E-state index contributed by atoms with van der Waals surface area (Å²) in [6.45, 7) is 0.484. The number of thiophene rings is 1. The highest BCUT2D eigenvalue weighted by molar-refractivity contribution is 7.12. The lowest BCUT2D eigenvalue weighted by atomic mass is 9.99. The summed E-state index contributed by atoms with van der Waals surface area (Å²) < 4.78 is 0. The molecule has 3 atom stereocenters. The van der Waals surface area contributed by atoms with Crippen molar-refractivity contribution in [1.29, 1.82) is 0 Å². The van der Waals surface area contributed by atoms with Crippen LogP contribution in [-0.4, -0.2) is 47.3 Å². The highest BCUT2D eigenvalue weighted by Crippen LogP contribution is 2.24. The second-order valence-corrected chi connectivity index (χ2v) is 7.52. The molecule has 1 aromatic carbocycles. The number of benzene rings is 1. The average molecular weight is 369 g/mol. The summed E-state index contributed by atoms with van der Waals surface area (Å²) in [7, 11) is 0. The number of nitrogens with zero attached hydrogens (tertiary/aromatic N) is 1. The van der Waals surface area contributed by atoms with E-state index < -0.39 is 12.1 Å². The summed E-state index contributed by atoms with van der Waals surface area (Å²) >= 11 is 1.35. The van der Waals surface area contributed by atoms with Crippen LogP contribution in [0.1, 0.15) is 21.7 Å². The number of nitrogens with one attached hydrogen (secondary N) is 2. The second-order valence-electron chi connectivity index (χ2n) is 6.57. The van der Waals surface area contributed by atoms with Crippen LogP contribution in [0.25, 0.3) is 0 Å². The van der Waals surface area contributed by atoms with Gasteiger partial charge in [-0.15, -0.1) is 11.3 Å². The highest BCUT2D eigenvalue weighted by Gasteiger charge is 2.48. The van der Waals surface area contributed by atoms with E-state index in [1.165, 1.54) is 11.3 Å². The summed E-state index contributed by atoms with van der Waals surface area (Å²) in [5.74, 6) is -0.468. The minimum absolute atomic E-state index is 0.0775. The van der Waals surface area contributed by atoms with E-state index in [0.29, 0.717) is 24.3 Å². The molecular weight excluding hydrogens is 350 g/mol. The summed E-state index contributed by atoms with van der Waals surface area (Å²) in [6, 6.07) is 11.7. The fourth-order valence-corrected chi connectivity index (χ4v) is 4.30. The van der Waals surface area contributed by atoms with Crippen LogP contribution in [-0.2, 0) is 16.0 Å². The molecule has 26 heavy (non-hydrogen) atoms. The van der Waals surface area contributed by atoms with E-state index in [9.17, 15) is 14.4 Å². The van der Waals surface area contributed by atoms with E-state index in [-0.39, 0.29) is 23.8 Å². The van der Waals surface area contributed by atoms with Crippen LogP contribution in [0, 0.1) is 0 Å². The van der Waals surface area contributed by atoms with Crippen molar-refractivity contribution in [2.45, 2.75) is 31.0 Å². The number of rotatable bonds is 4. The molecule has 3 amide bonds. The van der Waals surface area contributed by atoms with Crippen LogP contribution in [0.5, 0.6) is 0 Å². The maximum atomic E-state index is 12.8. The second kappa shape index (κ2) is 6.92. The largest absolute Gasteiger partial charge is 0.346 e. The molecular formula is C19H19N3O3S. The number of piperazine rings is 1. The van der Waals surface area contributed by atoms with E-state index in [1.807, 2.05) is 41.8 Å². The molecule has 2 fully saturated rings. The Morgan fingerprint density at radius 3 is 2.73 bits per heavy atom. The molecule has 2 aliphatic heterocycles. The van der Waals surface area contributed by atoms with Crippen LogP contribution in [0.2, 0.25) is 0 Å². The first-order chi connectivity index (χ1) is 12.6. The summed E-state index contributed by atoms with van der Waals surface area (Å²) in [5.41, 5.74) is 1.01. The zero-order valence-electron chi connectivity index (χ0n) is 14.1. The molecule has 2 aliphatic rings. The first-order valence-electron chi connectivity index (χ1n) is 8.62. The molecule has 4 rings (SSSR count). The molecule has 2 aromatic rings. The van der Waals surface area contributed by atoms with Gasteiger partial charge in [-0.05, 0) is 23.4 Å². The summed E-state index contributed by atoms with van der Waals surface area (Å²) in [4.78, 5) is 40.0. The number of hydrogen-bond acceptors (Lipinski definition) is 4. The molecule has 0 bridgehead atoms. The van der Waals surface area contributed by atoms with E-state index in [0.717, 1.165) is 5.56 Å². The van der Waals surface area contributed by atoms with Gasteiger partial charge in [-0.3, -0.25) is 14.4 Å². The minimum Gasteiger partial charge on any atom is -0.346 e. The first kappa shape index (κ1) is 16.8. The monoisotopic (exact) mass is 369 g/mol. The lowest BCUT2D eigenvalue weighted by molar-refractivity contribution is -0.147. The normalized spacial score (nSPS) is 24.9. The Balaban J connectivity index is 1.46. The fraction of sp³-hybridized carbons (Fsp3) is 0.316. The quantitative estimate of drug-likeness (QED) is 0.850. The van der Waals surface area contributed by atoms with Gasteiger partial charge in [0.1, 0.15) is 12.1 Å². The zero-order valence-corrected chi connectivity index (χ0v) is 14.9. The Hall–Kier alpha value is -2.67. The predicted octanol–water partition coefficient (Wildman–Crippen LogP) is 1.19. The average Bonchev–Trinajstić information content (AvgIpc) is 3.31. The molecule has 0 unspecified atom stereocenters. The van der Waals surface area contributed by atoms with Gasteiger partial charge in [-0.25, -0.2) is 0 Å². The van der Waals surface area contributed by atoms with Crippen molar-refractivity contribution in [2.75, 3.05) is 6.54 Å². The molecule has 7 heteroatoms. The number of carbonyl (C=O) groups excluding carboxylic acids is 3. The van der Waals surface area contributed by atoms with E-state index in [4.69, 9.17) is 0 Å². The van der Waals surface area contributed by atoms with Crippen molar-refractivity contribution in [2.24, 2.45) is 0 Å². The van der Waals surface area contributed by atoms with Crippen LogP contribution >= 0.6 is 11.3 Å². The minimum atomic E-state index is -0.626. The van der Waals surface area contributed by atoms with Gasteiger partial charge in [0.05, 0.1) is 10.9 Å². The summed E-state index contributed by atoms with van der Waals surface area (Å²) in [5, 5.41) is 7.59. The van der Waals surface area contributed by atoms with Gasteiger partial charge in [-0.2, -0.15) is 0 Å². The van der Waals surface area contributed by atoms with E-state index in [2.05, 4.69) is 10.6 Å². The number of fused-ring (bicyclic) bond motifs is 1. The van der Waals surface area contributed by atoms with Gasteiger partial charge in [0, 0.05) is 13.0 Å². The van der Waals surface area contributed by atoms with Gasteiger partial charge >= 0.3 is 0 Å². The molecule has 3 heterocycles. The lowest BCUT2D eigenvalue weighted by Crippen LogP contribution is -2.65. The fourth-order valence-electron chi connectivity index (χ4n) is 3.67. The van der Waals surface area contributed by atoms with Gasteiger partial charge in [0.15, 0.2) is 0 Å². The molecule has 0 radical (unpaired) electrons. The molecule has 134 valence electrons. The van der Waals surface area contributed by atoms with Gasteiger partial charge in [0.25, 0.3) is 5.91 Å². The van der Waals surface area contributed by atoms with Crippen LogP contribution in [0.15, 0.2) is 47.8 Å². The zero-order chi connectivity index (χ0) is 18.1. The van der Waals surface area contributed by atoms with Crippen molar-refractivity contribution in [1.82, 2.24) is 15.5 Å². The Morgan fingerprint density at radius 2 is 2.00 bits per heavy atom. The van der Waals surface area contributed by atoms with Crippen molar-refractivity contribution < 1.29 is 14.4 Å². The van der Waals surface area contributed by atoms with Crippen molar-refractivity contribution in [3.8, 4) is 0 Å². The number of amides is 3. The van der Waals surface area contributed by atoms with Gasteiger partial charge in [0.2, 0.25) is 11.8 Å². The van der Waals surface area contributed by atoms with Gasteiger partial charge < -0.3 is 15.5 Å². The topological polar surface area (TPSA) is 78.5 Å². The smallest absolute Gasteiger partial charge is 0.261 e. The molecule has 6 nitrogen and oxygen atoms in total. The molecule has 2 N–H and O–H groups in total. The maximum absolute atomic E-state index is 12.8. The van der Waals surface area contributed by atoms with Crippen LogP contribution in [0.3, 0.4) is 0 Å². The maximum Gasteiger partial charge on any atom is 0.261 e. The van der Waals surface area contributed by atoms with Crippen molar-refractivity contribution in [3.05, 3.63) is 58.3 Å². The number of hydrogen-bond donors (Lipinski definition) is 2. The van der Waals surface area contributed by atoms with Gasteiger partial charge in [-0.1, -0.05) is 36.4 Å². The van der Waals surface area contributed by atoms with E-state index in [1.54, 1.807) is 11.0 Å². The lowest BCUT2D eigenvalue weighted by Gasteiger charge is -2.36. The Bertz CT molecular complexity index is 822. The van der Waals surface area contributed by atoms with Crippen LogP contribution in [0.4, 0.5) is 0 Å². The molecule has 1 aromatic heterocycles. The van der Waals surface area contributed by atoms with Crippen molar-refractivity contribution in [3.63, 3.8) is 0 Å². The SMILES string of the molecule is O=C(N[C@H]1CCN2C(=O)[C@@H](Cc3ccccc3)NC(=O)[C@H]12)c1cccs1. The Labute approximate surface area is 155 Å². The Kier molecular flexibility index (Phi) is 4.46. The molecule has 0 spiro atoms. The number of carbonyl (C=O) groups is 3. The standard InChI is InChI=1S/C19H19N3O3S/c23-17(15-7-4-10-26-15)20-13-8-9-22-16(13)18(24)21-14(19(22)25)11-12-5-2-1-3-6-12/h1-7,10,13-14,16H,8-9,11H2,(H,20,23)(H,21,24)/t13-,14+,16-/m0/s1. The van der Waals surface area contributed by atoms with Crippen molar-refractivity contribution >= 4 is 29.1 Å². The Morgan fingerprint density at radius 1 is 1.19 bits per heavy atom. The highest BCUT2D eigenvalue weighted by atomic mass is 32.1. The predicted molar refractivity (Wildman–Crippen MR) is 97.8 cm³/mol. The molecule has 0 saturated carbocycles. The third kappa shape index (κ3) is 3.10. The van der Waals surface area contributed by atoms with Crippen LogP contribution < -0.4 is 10.6 Å². The summed E-state index contributed by atoms with van der Waals surface area (Å²) in [6.07, 6.45) is 1.06. The van der Waals surface area contributed by atoms with E-state index >= 15 is 0 Å². The third-order valence-electron chi connectivity index (χ3n) is 4.91. The first-order valence-corrected chi connectivity index (χ1v) is 9.50. The molecule has 2 saturated heterocycles. The third-order valence-corrected chi connectivity index (χ3v) is 5.78.